The third-order valence-corrected chi connectivity index (χ3v) is 11.7. The summed E-state index contributed by atoms with van der Waals surface area (Å²) >= 11 is 16.0. The quantitative estimate of drug-likeness (QED) is 0.114. The summed E-state index contributed by atoms with van der Waals surface area (Å²) in [5.41, 5.74) is 21.3. The van der Waals surface area contributed by atoms with Gasteiger partial charge < -0.3 is 22.1 Å². The summed E-state index contributed by atoms with van der Waals surface area (Å²) in [6, 6.07) is 34.6. The van der Waals surface area contributed by atoms with Gasteiger partial charge in [0.1, 0.15) is 11.6 Å². The van der Waals surface area contributed by atoms with Crippen LogP contribution in [0.2, 0.25) is 15.9 Å². The van der Waals surface area contributed by atoms with Gasteiger partial charge in [0.05, 0.1) is 0 Å². The van der Waals surface area contributed by atoms with E-state index in [9.17, 15) is 0 Å². The van der Waals surface area contributed by atoms with E-state index in [4.69, 9.17) is 46.3 Å². The summed E-state index contributed by atoms with van der Waals surface area (Å²) in [6.45, 7) is 3.77. The van der Waals surface area contributed by atoms with Crippen molar-refractivity contribution in [3.63, 3.8) is 0 Å². The fraction of sp³-hybridized carbons (Fsp3) is 0.348. The number of hydrogen-bond acceptors (Lipinski definition) is 10. The first-order chi connectivity index (χ1) is 28.0. The van der Waals surface area contributed by atoms with Crippen LogP contribution in [0.15, 0.2) is 97.1 Å². The minimum atomic E-state index is 0. The molecule has 0 radical (unpaired) electrons. The Morgan fingerprint density at radius 3 is 1.12 bits per heavy atom. The largest absolute Gasteiger partial charge is 0.399 e. The molecule has 310 valence electrons. The van der Waals surface area contributed by atoms with Crippen LogP contribution in [-0.2, 0) is 10.8 Å². The van der Waals surface area contributed by atoms with E-state index in [0.29, 0.717) is 5.95 Å². The Bertz CT molecular complexity index is 2100. The lowest BCUT2D eigenvalue weighted by Crippen LogP contribution is -2.30. The van der Waals surface area contributed by atoms with Gasteiger partial charge >= 0.3 is 0 Å². The molecular formula is C46H55Cl3N10. The summed E-state index contributed by atoms with van der Waals surface area (Å²) in [7, 11) is 1.96. The van der Waals surface area contributed by atoms with Crippen molar-refractivity contribution in [2.45, 2.75) is 96.3 Å². The number of aromatic nitrogens is 6. The van der Waals surface area contributed by atoms with Gasteiger partial charge in [0.25, 0.3) is 0 Å². The molecule has 2 fully saturated rings. The molecule has 13 heteroatoms. The second kappa shape index (κ2) is 20.8. The molecule has 0 atom stereocenters. The Hall–Kier alpha value is -5.03. The Kier molecular flexibility index (Phi) is 15.9. The zero-order valence-corrected chi connectivity index (χ0v) is 35.5. The highest BCUT2D eigenvalue weighted by molar-refractivity contribution is 6.33. The predicted molar refractivity (Wildman–Crippen MR) is 246 cm³/mol. The molecule has 0 aliphatic heterocycles. The van der Waals surface area contributed by atoms with Crippen LogP contribution in [0.4, 0.5) is 28.7 Å². The highest BCUT2D eigenvalue weighted by Crippen LogP contribution is 2.46. The number of nitrogens with one attached hydrogen (secondary N) is 2. The maximum atomic E-state index is 5.84. The monoisotopic (exact) mass is 852 g/mol. The van der Waals surface area contributed by atoms with Gasteiger partial charge in [-0.25, -0.2) is 4.98 Å². The van der Waals surface area contributed by atoms with Crippen molar-refractivity contribution in [2.75, 3.05) is 29.1 Å². The summed E-state index contributed by atoms with van der Waals surface area (Å²) < 4.78 is 0. The molecule has 0 spiro atoms. The second-order valence-electron chi connectivity index (χ2n) is 15.0. The number of nitrogens with two attached hydrogens (primary N) is 2. The van der Waals surface area contributed by atoms with Gasteiger partial charge in [-0.3, -0.25) is 0 Å². The van der Waals surface area contributed by atoms with Crippen LogP contribution in [0.3, 0.4) is 0 Å². The van der Waals surface area contributed by atoms with Crippen LogP contribution in [0.5, 0.6) is 0 Å². The normalized spacial score (nSPS) is 15.2. The van der Waals surface area contributed by atoms with E-state index in [1.165, 1.54) is 86.5 Å². The van der Waals surface area contributed by atoms with E-state index in [2.05, 4.69) is 113 Å². The van der Waals surface area contributed by atoms with Gasteiger partial charge in [-0.1, -0.05) is 94.5 Å². The number of nitrogens with zero attached hydrogens (tertiary/aromatic N) is 6. The zero-order valence-electron chi connectivity index (χ0n) is 33.3. The van der Waals surface area contributed by atoms with Gasteiger partial charge in [0.2, 0.25) is 21.8 Å². The molecule has 2 saturated carbocycles. The fourth-order valence-electron chi connectivity index (χ4n) is 8.34. The van der Waals surface area contributed by atoms with Crippen molar-refractivity contribution >= 4 is 63.5 Å². The maximum Gasteiger partial charge on any atom is 0.230 e. The average Bonchev–Trinajstić information content (AvgIpc) is 3.22. The van der Waals surface area contributed by atoms with E-state index in [1.54, 1.807) is 0 Å². The molecule has 0 unspecified atom stereocenters. The van der Waals surface area contributed by atoms with Crippen LogP contribution < -0.4 is 22.1 Å². The average molecular weight is 854 g/mol. The first-order valence-corrected chi connectivity index (χ1v) is 20.9. The third-order valence-electron chi connectivity index (χ3n) is 11.2. The topological polar surface area (TPSA) is 153 Å². The van der Waals surface area contributed by atoms with E-state index >= 15 is 0 Å². The first kappa shape index (κ1) is 45.1. The molecule has 6 N–H and O–H groups in total. The highest BCUT2D eigenvalue weighted by Gasteiger charge is 2.36. The summed E-state index contributed by atoms with van der Waals surface area (Å²) in [5.74, 6) is 2.04. The molecule has 8 rings (SSSR count). The molecule has 0 saturated heterocycles. The number of halogens is 3. The summed E-state index contributed by atoms with van der Waals surface area (Å²) in [5, 5.41) is 6.54. The van der Waals surface area contributed by atoms with Gasteiger partial charge in [-0.05, 0) is 145 Å². The molecule has 2 aliphatic rings. The molecule has 6 aromatic rings. The Morgan fingerprint density at radius 2 is 0.780 bits per heavy atom. The van der Waals surface area contributed by atoms with Crippen molar-refractivity contribution < 1.29 is 0 Å². The highest BCUT2D eigenvalue weighted by atomic mass is 35.5. The lowest BCUT2D eigenvalue weighted by atomic mass is 9.65. The number of rotatable bonds is 7. The maximum absolute atomic E-state index is 5.84. The second-order valence-corrected chi connectivity index (χ2v) is 16.0. The molecule has 4 aromatic carbocycles. The first-order valence-electron chi connectivity index (χ1n) is 19.8. The van der Waals surface area contributed by atoms with Crippen molar-refractivity contribution in [1.29, 1.82) is 0 Å². The van der Waals surface area contributed by atoms with Crippen molar-refractivity contribution in [1.82, 2.24) is 29.9 Å². The van der Waals surface area contributed by atoms with E-state index in [1.807, 2.05) is 45.2 Å². The fourth-order valence-corrected chi connectivity index (χ4v) is 8.95. The Labute approximate surface area is 364 Å². The van der Waals surface area contributed by atoms with Crippen LogP contribution >= 0.6 is 34.8 Å². The number of benzene rings is 4. The number of hydrogen-bond donors (Lipinski definition) is 4. The molecule has 2 aromatic heterocycles. The molecule has 10 nitrogen and oxygen atoms in total. The molecular weight excluding hydrogens is 799 g/mol. The predicted octanol–water partition coefficient (Wildman–Crippen LogP) is 12.1. The summed E-state index contributed by atoms with van der Waals surface area (Å²) in [6.07, 6.45) is 12.6. The minimum Gasteiger partial charge on any atom is -0.399 e. The van der Waals surface area contributed by atoms with Crippen molar-refractivity contribution in [3.05, 3.63) is 147 Å². The molecule has 0 bridgehead atoms. The van der Waals surface area contributed by atoms with Crippen LogP contribution in [0.1, 0.15) is 106 Å². The van der Waals surface area contributed by atoms with E-state index in [0.717, 1.165) is 34.4 Å². The van der Waals surface area contributed by atoms with Crippen molar-refractivity contribution in [3.8, 4) is 0 Å². The third kappa shape index (κ3) is 11.6. The van der Waals surface area contributed by atoms with Crippen LogP contribution in [-0.4, -0.2) is 37.0 Å². The molecule has 2 aliphatic carbocycles. The number of anilines is 5. The SMILES string of the molecule is C.CNc1ccc(C2(c3ccc(Nc4nc(C)nc(C)n4)cc3)CCCCC2)cc1.Clc1nc(Cl)nc(Cl)n1.Nc1ccc(C2(c3ccc(N)cc3)CCCCC2)cc1. The standard InChI is InChI=1S/C24H29N5.C18H22N2.C3Cl3N3.CH4/c1-17-26-18(2)28-23(27-17)29-22-13-9-20(10-14-22)24(15-5-4-6-16-24)19-7-11-21(25-3)12-8-19;19-16-8-4-14(5-9-16)18(12-2-1-3-13-18)15-6-10-17(20)11-7-15;4-1-7-2(5)9-3(6)8-1;/h7-14,25H,4-6,15-16H2,1-3H3,(H,26,27,28,29);4-11H,1-3,12-13,19-20H2;;1H4. The van der Waals surface area contributed by atoms with Crippen molar-refractivity contribution in [2.24, 2.45) is 0 Å². The van der Waals surface area contributed by atoms with E-state index < -0.39 is 0 Å². The summed E-state index contributed by atoms with van der Waals surface area (Å²) in [4.78, 5) is 23.4. The van der Waals surface area contributed by atoms with Gasteiger partial charge in [0, 0.05) is 40.6 Å². The molecule has 2 heterocycles. The lowest BCUT2D eigenvalue weighted by Gasteiger charge is -2.39. The number of aryl methyl sites for hydroxylation is 2. The van der Waals surface area contributed by atoms with E-state index in [-0.39, 0.29) is 34.1 Å². The molecule has 59 heavy (non-hydrogen) atoms. The Morgan fingerprint density at radius 1 is 0.458 bits per heavy atom. The Balaban J connectivity index is 0.000000190. The van der Waals surface area contributed by atoms with Gasteiger partial charge in [-0.15, -0.1) is 0 Å². The number of nitrogen functional groups attached to an aromatic ring is 2. The smallest absolute Gasteiger partial charge is 0.230 e. The van der Waals surface area contributed by atoms with Gasteiger partial charge in [-0.2, -0.15) is 24.9 Å². The van der Waals surface area contributed by atoms with Crippen LogP contribution in [0.25, 0.3) is 0 Å². The molecule has 0 amide bonds. The van der Waals surface area contributed by atoms with Gasteiger partial charge in [0.15, 0.2) is 0 Å². The van der Waals surface area contributed by atoms with Crippen LogP contribution in [0, 0.1) is 13.8 Å². The zero-order chi connectivity index (χ0) is 41.1. The minimum absolute atomic E-state index is 0. The lowest BCUT2D eigenvalue weighted by molar-refractivity contribution is 0.346.